The first-order chi connectivity index (χ1) is 7.99. The summed E-state index contributed by atoms with van der Waals surface area (Å²) >= 11 is 0. The van der Waals surface area contributed by atoms with Crippen LogP contribution in [0.25, 0.3) is 0 Å². The van der Waals surface area contributed by atoms with Gasteiger partial charge in [0, 0.05) is 13.1 Å². The van der Waals surface area contributed by atoms with Crippen LogP contribution in [0.5, 0.6) is 0 Å². The summed E-state index contributed by atoms with van der Waals surface area (Å²) in [5.41, 5.74) is 4.43. The van der Waals surface area contributed by atoms with Crippen molar-refractivity contribution in [3.05, 3.63) is 0 Å². The number of nitrogens with two attached hydrogens (primary N) is 1. The highest BCUT2D eigenvalue weighted by molar-refractivity contribution is 5.69. The molecule has 1 aliphatic rings. The molecule has 1 rings (SSSR count). The van der Waals surface area contributed by atoms with Crippen LogP contribution in [-0.4, -0.2) is 41.9 Å². The van der Waals surface area contributed by atoms with E-state index in [2.05, 4.69) is 0 Å². The van der Waals surface area contributed by atoms with Crippen molar-refractivity contribution in [2.75, 3.05) is 13.1 Å². The molecule has 2 N–H and O–H groups in total. The van der Waals surface area contributed by atoms with Gasteiger partial charge < -0.3 is 15.4 Å². The van der Waals surface area contributed by atoms with Crippen molar-refractivity contribution in [3.63, 3.8) is 0 Å². The standard InChI is InChI=1S/C11H19F3N2O2/c1-10(2,3)18-9(17)16-5-7(6-16)4-8(15)11(12,13)14/h7-8H,4-6,15H2,1-3H3. The Morgan fingerprint density at radius 3 is 2.28 bits per heavy atom. The highest BCUT2D eigenvalue weighted by Crippen LogP contribution is 2.28. The van der Waals surface area contributed by atoms with Crippen LogP contribution in [0, 0.1) is 5.92 Å². The van der Waals surface area contributed by atoms with E-state index in [4.69, 9.17) is 10.5 Å². The Kier molecular flexibility index (Phi) is 4.15. The molecule has 0 aliphatic carbocycles. The monoisotopic (exact) mass is 268 g/mol. The van der Waals surface area contributed by atoms with Gasteiger partial charge in [0.25, 0.3) is 0 Å². The van der Waals surface area contributed by atoms with Gasteiger partial charge in [0.15, 0.2) is 0 Å². The maximum Gasteiger partial charge on any atom is 0.410 e. The minimum absolute atomic E-state index is 0.150. The number of carbonyl (C=O) groups is 1. The number of hydrogen-bond donors (Lipinski definition) is 1. The summed E-state index contributed by atoms with van der Waals surface area (Å²) in [5, 5.41) is 0. The molecule has 1 atom stereocenters. The molecule has 0 saturated carbocycles. The van der Waals surface area contributed by atoms with E-state index in [-0.39, 0.29) is 25.4 Å². The number of likely N-dealkylation sites (tertiary alicyclic amines) is 1. The lowest BCUT2D eigenvalue weighted by Crippen LogP contribution is -2.54. The predicted molar refractivity (Wildman–Crippen MR) is 59.9 cm³/mol. The molecule has 1 saturated heterocycles. The number of ether oxygens (including phenoxy) is 1. The van der Waals surface area contributed by atoms with Crippen molar-refractivity contribution in [2.24, 2.45) is 11.7 Å². The van der Waals surface area contributed by atoms with E-state index in [1.54, 1.807) is 20.8 Å². The van der Waals surface area contributed by atoms with Crippen LogP contribution >= 0.6 is 0 Å². The fourth-order valence-corrected chi connectivity index (χ4v) is 1.69. The van der Waals surface area contributed by atoms with Crippen LogP contribution < -0.4 is 5.73 Å². The lowest BCUT2D eigenvalue weighted by molar-refractivity contribution is -0.153. The molecular weight excluding hydrogens is 249 g/mol. The Balaban J connectivity index is 2.30. The van der Waals surface area contributed by atoms with Crippen LogP contribution in [0.2, 0.25) is 0 Å². The molecule has 18 heavy (non-hydrogen) atoms. The van der Waals surface area contributed by atoms with Crippen LogP contribution in [-0.2, 0) is 4.74 Å². The lowest BCUT2D eigenvalue weighted by atomic mass is 9.93. The Morgan fingerprint density at radius 1 is 1.39 bits per heavy atom. The lowest BCUT2D eigenvalue weighted by Gasteiger charge is -2.40. The minimum atomic E-state index is -4.37. The van der Waals surface area contributed by atoms with Crippen molar-refractivity contribution in [1.29, 1.82) is 0 Å². The van der Waals surface area contributed by atoms with E-state index in [9.17, 15) is 18.0 Å². The summed E-state index contributed by atoms with van der Waals surface area (Å²) in [4.78, 5) is 12.9. The number of carbonyl (C=O) groups excluding carboxylic acids is 1. The van der Waals surface area contributed by atoms with E-state index < -0.39 is 23.9 Å². The number of halogens is 3. The normalized spacial score (nSPS) is 19.4. The molecule has 0 spiro atoms. The Labute approximate surface area is 104 Å². The molecule has 7 heteroatoms. The Bertz CT molecular complexity index is 306. The smallest absolute Gasteiger partial charge is 0.410 e. The zero-order valence-corrected chi connectivity index (χ0v) is 10.8. The zero-order valence-electron chi connectivity index (χ0n) is 10.8. The van der Waals surface area contributed by atoms with Crippen molar-refractivity contribution < 1.29 is 22.7 Å². The van der Waals surface area contributed by atoms with Gasteiger partial charge in [-0.15, -0.1) is 0 Å². The zero-order chi connectivity index (χ0) is 14.1. The molecule has 1 aliphatic heterocycles. The fourth-order valence-electron chi connectivity index (χ4n) is 1.69. The van der Waals surface area contributed by atoms with Crippen LogP contribution in [0.3, 0.4) is 0 Å². The second-order valence-corrected chi connectivity index (χ2v) is 5.64. The van der Waals surface area contributed by atoms with E-state index in [0.717, 1.165) is 0 Å². The van der Waals surface area contributed by atoms with Crippen molar-refractivity contribution in [1.82, 2.24) is 4.90 Å². The molecule has 106 valence electrons. The molecular formula is C11H19F3N2O2. The molecule has 0 aromatic carbocycles. The highest BCUT2D eigenvalue weighted by atomic mass is 19.4. The molecule has 1 fully saturated rings. The molecule has 1 heterocycles. The van der Waals surface area contributed by atoms with E-state index in [0.29, 0.717) is 0 Å². The topological polar surface area (TPSA) is 55.6 Å². The number of nitrogens with zero attached hydrogens (tertiary/aromatic N) is 1. The Morgan fingerprint density at radius 2 is 1.89 bits per heavy atom. The van der Waals surface area contributed by atoms with E-state index in [1.165, 1.54) is 4.90 Å². The van der Waals surface area contributed by atoms with Crippen molar-refractivity contribution >= 4 is 6.09 Å². The third kappa shape index (κ3) is 4.36. The molecule has 1 amide bonds. The largest absolute Gasteiger partial charge is 0.444 e. The number of amides is 1. The van der Waals surface area contributed by atoms with Gasteiger partial charge in [0.1, 0.15) is 11.6 Å². The van der Waals surface area contributed by atoms with Gasteiger partial charge >= 0.3 is 12.3 Å². The van der Waals surface area contributed by atoms with Crippen molar-refractivity contribution in [3.8, 4) is 0 Å². The van der Waals surface area contributed by atoms with Gasteiger partial charge in [-0.2, -0.15) is 13.2 Å². The quantitative estimate of drug-likeness (QED) is 0.834. The molecule has 4 nitrogen and oxygen atoms in total. The maximum atomic E-state index is 12.2. The van der Waals surface area contributed by atoms with Gasteiger partial charge in [-0.3, -0.25) is 0 Å². The number of hydrogen-bond acceptors (Lipinski definition) is 3. The van der Waals surface area contributed by atoms with Crippen LogP contribution in [0.15, 0.2) is 0 Å². The molecule has 0 aromatic heterocycles. The summed E-state index contributed by atoms with van der Waals surface area (Å²) in [5.74, 6) is -0.200. The average molecular weight is 268 g/mol. The summed E-state index contributed by atoms with van der Waals surface area (Å²) in [7, 11) is 0. The van der Waals surface area contributed by atoms with E-state index in [1.807, 2.05) is 0 Å². The van der Waals surface area contributed by atoms with Crippen LogP contribution in [0.1, 0.15) is 27.2 Å². The first-order valence-electron chi connectivity index (χ1n) is 5.79. The van der Waals surface area contributed by atoms with Gasteiger partial charge in [0.05, 0.1) is 0 Å². The first-order valence-corrected chi connectivity index (χ1v) is 5.79. The summed E-state index contributed by atoms with van der Waals surface area (Å²) in [6.45, 7) is 5.77. The summed E-state index contributed by atoms with van der Waals surface area (Å²) in [6, 6.07) is -1.82. The van der Waals surface area contributed by atoms with Crippen LogP contribution in [0.4, 0.5) is 18.0 Å². The minimum Gasteiger partial charge on any atom is -0.444 e. The van der Waals surface area contributed by atoms with Gasteiger partial charge in [-0.25, -0.2) is 4.79 Å². The SMILES string of the molecule is CC(C)(C)OC(=O)N1CC(CC(N)C(F)(F)F)C1. The van der Waals surface area contributed by atoms with Gasteiger partial charge in [-0.1, -0.05) is 0 Å². The predicted octanol–water partition coefficient (Wildman–Crippen LogP) is 2.13. The number of alkyl halides is 3. The maximum absolute atomic E-state index is 12.2. The average Bonchev–Trinajstić information content (AvgIpc) is 2.04. The molecule has 0 radical (unpaired) electrons. The second-order valence-electron chi connectivity index (χ2n) is 5.64. The highest BCUT2D eigenvalue weighted by Gasteiger charge is 2.42. The second kappa shape index (κ2) is 4.95. The van der Waals surface area contributed by atoms with Crippen molar-refractivity contribution in [2.45, 2.75) is 45.0 Å². The summed E-state index contributed by atoms with van der Waals surface area (Å²) in [6.07, 6.45) is -5.01. The third-order valence-corrected chi connectivity index (χ3v) is 2.62. The molecule has 0 aromatic rings. The van der Waals surface area contributed by atoms with E-state index >= 15 is 0 Å². The first kappa shape index (κ1) is 15.1. The van der Waals surface area contributed by atoms with Gasteiger partial charge in [-0.05, 0) is 33.1 Å². The Hall–Kier alpha value is -0.980. The third-order valence-electron chi connectivity index (χ3n) is 2.62. The number of rotatable bonds is 2. The van der Waals surface area contributed by atoms with Gasteiger partial charge in [0.2, 0.25) is 0 Å². The molecule has 1 unspecified atom stereocenters. The molecule has 0 bridgehead atoms. The summed E-state index contributed by atoms with van der Waals surface area (Å²) < 4.78 is 41.7. The fraction of sp³-hybridized carbons (Fsp3) is 0.909.